The Balaban J connectivity index is 1.61. The van der Waals surface area contributed by atoms with Gasteiger partial charge in [-0.15, -0.1) is 0 Å². The van der Waals surface area contributed by atoms with Crippen LogP contribution >= 0.6 is 0 Å². The third-order valence-electron chi connectivity index (χ3n) is 4.36. The normalized spacial score (nSPS) is 17.1. The maximum absolute atomic E-state index is 12.9. The number of carbonyl (C=O) groups is 2. The van der Waals surface area contributed by atoms with Crippen LogP contribution in [0.15, 0.2) is 53.7 Å². The molecule has 148 valence electrons. The van der Waals surface area contributed by atoms with Gasteiger partial charge in [-0.05, 0) is 44.0 Å². The number of hydrazine groups is 1. The van der Waals surface area contributed by atoms with Crippen LogP contribution < -0.4 is 16.2 Å². The standard InChI is InChI=1S/C18H21N5O4S/c1-13-4-6-15(7-5-13)28(26,27)23-12-2-3-16(23)20-18(25)22-21-17(24)14-8-10-19-11-9-14/h4-11,16H,2-3,12H2,1H3,(H,21,24)(H2,20,22,25)/t16-/m0/s1. The molecule has 0 saturated carbocycles. The van der Waals surface area contributed by atoms with Gasteiger partial charge in [-0.1, -0.05) is 17.7 Å². The van der Waals surface area contributed by atoms with Gasteiger partial charge in [0.2, 0.25) is 10.0 Å². The van der Waals surface area contributed by atoms with Gasteiger partial charge in [0.05, 0.1) is 11.1 Å². The molecule has 1 aliphatic heterocycles. The van der Waals surface area contributed by atoms with Gasteiger partial charge in [-0.25, -0.2) is 18.6 Å². The Bertz CT molecular complexity index is 948. The molecule has 0 unspecified atom stereocenters. The Morgan fingerprint density at radius 1 is 1.07 bits per heavy atom. The van der Waals surface area contributed by atoms with Crippen molar-refractivity contribution in [1.29, 1.82) is 0 Å². The molecule has 0 spiro atoms. The molecular formula is C18H21N5O4S. The van der Waals surface area contributed by atoms with Crippen molar-refractivity contribution in [1.82, 2.24) is 25.5 Å². The molecule has 1 aliphatic rings. The van der Waals surface area contributed by atoms with E-state index in [4.69, 9.17) is 0 Å². The van der Waals surface area contributed by atoms with Crippen molar-refractivity contribution in [2.45, 2.75) is 30.8 Å². The topological polar surface area (TPSA) is 121 Å². The molecule has 1 aromatic heterocycles. The quantitative estimate of drug-likeness (QED) is 0.661. The number of amides is 3. The van der Waals surface area contributed by atoms with E-state index in [1.54, 1.807) is 24.3 Å². The van der Waals surface area contributed by atoms with Crippen LogP contribution in [-0.2, 0) is 10.0 Å². The first-order valence-corrected chi connectivity index (χ1v) is 10.2. The van der Waals surface area contributed by atoms with Crippen LogP contribution in [0.25, 0.3) is 0 Å². The second-order valence-corrected chi connectivity index (χ2v) is 8.27. The monoisotopic (exact) mass is 403 g/mol. The van der Waals surface area contributed by atoms with E-state index >= 15 is 0 Å². The van der Waals surface area contributed by atoms with Gasteiger partial charge in [0.1, 0.15) is 0 Å². The number of sulfonamides is 1. The summed E-state index contributed by atoms with van der Waals surface area (Å²) in [5.41, 5.74) is 5.79. The van der Waals surface area contributed by atoms with E-state index in [1.165, 1.54) is 28.8 Å². The summed E-state index contributed by atoms with van der Waals surface area (Å²) in [4.78, 5) is 28.0. The van der Waals surface area contributed by atoms with E-state index in [-0.39, 0.29) is 4.90 Å². The summed E-state index contributed by atoms with van der Waals surface area (Å²) in [6, 6.07) is 8.87. The predicted molar refractivity (Wildman–Crippen MR) is 101 cm³/mol. The molecule has 9 nitrogen and oxygen atoms in total. The van der Waals surface area contributed by atoms with Crippen molar-refractivity contribution in [2.75, 3.05) is 6.54 Å². The van der Waals surface area contributed by atoms with E-state index in [0.29, 0.717) is 24.9 Å². The van der Waals surface area contributed by atoms with Gasteiger partial charge in [0.25, 0.3) is 5.91 Å². The molecule has 28 heavy (non-hydrogen) atoms. The summed E-state index contributed by atoms with van der Waals surface area (Å²) in [5, 5.41) is 2.59. The van der Waals surface area contributed by atoms with Gasteiger partial charge in [-0.2, -0.15) is 4.31 Å². The smallest absolute Gasteiger partial charge is 0.320 e. The fourth-order valence-corrected chi connectivity index (χ4v) is 4.51. The number of rotatable bonds is 4. The number of nitrogens with one attached hydrogen (secondary N) is 3. The molecule has 3 amide bonds. The second kappa shape index (κ2) is 8.36. The summed E-state index contributed by atoms with van der Waals surface area (Å²) in [6.07, 6.45) is 3.34. The van der Waals surface area contributed by atoms with Crippen LogP contribution in [0, 0.1) is 6.92 Å². The minimum atomic E-state index is -3.73. The molecule has 1 saturated heterocycles. The zero-order chi connectivity index (χ0) is 20.1. The summed E-state index contributed by atoms with van der Waals surface area (Å²) in [5.74, 6) is -0.506. The Kier molecular flexibility index (Phi) is 5.90. The molecule has 2 heterocycles. The van der Waals surface area contributed by atoms with Gasteiger partial charge >= 0.3 is 6.03 Å². The molecule has 3 N–H and O–H groups in total. The SMILES string of the molecule is Cc1ccc(S(=O)(=O)N2CCC[C@H]2NC(=O)NNC(=O)c2ccncc2)cc1. The highest BCUT2D eigenvalue weighted by Gasteiger charge is 2.36. The van der Waals surface area contributed by atoms with Crippen LogP contribution in [0.5, 0.6) is 0 Å². The van der Waals surface area contributed by atoms with Crippen LogP contribution in [-0.4, -0.2) is 42.4 Å². The largest absolute Gasteiger partial charge is 0.334 e. The molecule has 0 aliphatic carbocycles. The molecule has 0 radical (unpaired) electrons. The molecule has 1 aromatic carbocycles. The van der Waals surface area contributed by atoms with Gasteiger partial charge in [0.15, 0.2) is 0 Å². The van der Waals surface area contributed by atoms with E-state index < -0.39 is 28.1 Å². The third-order valence-corrected chi connectivity index (χ3v) is 6.28. The summed E-state index contributed by atoms with van der Waals surface area (Å²) >= 11 is 0. The molecule has 10 heteroatoms. The van der Waals surface area contributed by atoms with Crippen molar-refractivity contribution in [3.8, 4) is 0 Å². The summed E-state index contributed by atoms with van der Waals surface area (Å²) in [6.45, 7) is 2.19. The maximum atomic E-state index is 12.9. The van der Waals surface area contributed by atoms with Crippen LogP contribution in [0.2, 0.25) is 0 Å². The maximum Gasteiger partial charge on any atom is 0.334 e. The number of aryl methyl sites for hydroxylation is 1. The van der Waals surface area contributed by atoms with Crippen molar-refractivity contribution >= 4 is 22.0 Å². The number of urea groups is 1. The first-order valence-electron chi connectivity index (χ1n) is 8.73. The Labute approximate surface area is 163 Å². The number of nitrogens with zero attached hydrogens (tertiary/aromatic N) is 2. The van der Waals surface area contributed by atoms with Crippen molar-refractivity contribution in [3.05, 3.63) is 59.9 Å². The number of benzene rings is 1. The number of aromatic nitrogens is 1. The lowest BCUT2D eigenvalue weighted by molar-refractivity contribution is 0.0935. The van der Waals surface area contributed by atoms with Gasteiger partial charge in [-0.3, -0.25) is 15.2 Å². The minimum absolute atomic E-state index is 0.179. The van der Waals surface area contributed by atoms with Crippen molar-refractivity contribution in [2.24, 2.45) is 0 Å². The number of hydrogen-bond donors (Lipinski definition) is 3. The number of pyridine rings is 1. The first-order chi connectivity index (χ1) is 13.4. The molecule has 2 aromatic rings. The average molecular weight is 403 g/mol. The first kappa shape index (κ1) is 19.8. The predicted octanol–water partition coefficient (Wildman–Crippen LogP) is 1.14. The van der Waals surface area contributed by atoms with Crippen LogP contribution in [0.3, 0.4) is 0 Å². The molecule has 1 fully saturated rings. The second-order valence-electron chi connectivity index (χ2n) is 6.38. The molecule has 0 bridgehead atoms. The van der Waals surface area contributed by atoms with Crippen molar-refractivity contribution in [3.63, 3.8) is 0 Å². The molecule has 1 atom stereocenters. The third kappa shape index (κ3) is 4.46. The zero-order valence-corrected chi connectivity index (χ0v) is 16.1. The summed E-state index contributed by atoms with van der Waals surface area (Å²) < 4.78 is 27.0. The Morgan fingerprint density at radius 2 is 1.75 bits per heavy atom. The number of carbonyl (C=O) groups excluding carboxylic acids is 2. The highest BCUT2D eigenvalue weighted by Crippen LogP contribution is 2.24. The van der Waals surface area contributed by atoms with E-state index in [1.807, 2.05) is 6.92 Å². The zero-order valence-electron chi connectivity index (χ0n) is 15.3. The lowest BCUT2D eigenvalue weighted by atomic mass is 10.2. The van der Waals surface area contributed by atoms with Crippen LogP contribution in [0.4, 0.5) is 4.79 Å². The van der Waals surface area contributed by atoms with E-state index in [2.05, 4.69) is 21.2 Å². The fourth-order valence-electron chi connectivity index (χ4n) is 2.89. The molecule has 3 rings (SSSR count). The highest BCUT2D eigenvalue weighted by atomic mass is 32.2. The van der Waals surface area contributed by atoms with E-state index in [9.17, 15) is 18.0 Å². The molecular weight excluding hydrogens is 382 g/mol. The Morgan fingerprint density at radius 3 is 2.43 bits per heavy atom. The lowest BCUT2D eigenvalue weighted by Gasteiger charge is -2.25. The van der Waals surface area contributed by atoms with Gasteiger partial charge < -0.3 is 5.32 Å². The average Bonchev–Trinajstić information content (AvgIpc) is 3.16. The van der Waals surface area contributed by atoms with Crippen LogP contribution in [0.1, 0.15) is 28.8 Å². The van der Waals surface area contributed by atoms with E-state index in [0.717, 1.165) is 5.56 Å². The fraction of sp³-hybridized carbons (Fsp3) is 0.278. The highest BCUT2D eigenvalue weighted by molar-refractivity contribution is 7.89. The van der Waals surface area contributed by atoms with Gasteiger partial charge in [0, 0.05) is 24.5 Å². The minimum Gasteiger partial charge on any atom is -0.320 e. The lowest BCUT2D eigenvalue weighted by Crippen LogP contribution is -2.54. The summed E-state index contributed by atoms with van der Waals surface area (Å²) in [7, 11) is -3.73. The Hall–Kier alpha value is -2.98. The van der Waals surface area contributed by atoms with Crippen molar-refractivity contribution < 1.29 is 18.0 Å². The number of hydrogen-bond acceptors (Lipinski definition) is 5.